The number of aromatic nitrogens is 2. The lowest BCUT2D eigenvalue weighted by Gasteiger charge is -2.35. The van der Waals surface area contributed by atoms with Gasteiger partial charge in [-0.25, -0.2) is 4.98 Å². The molecule has 0 radical (unpaired) electrons. The summed E-state index contributed by atoms with van der Waals surface area (Å²) >= 11 is 0. The molecule has 1 saturated heterocycles. The van der Waals surface area contributed by atoms with Gasteiger partial charge in [-0.15, -0.1) is 0 Å². The second kappa shape index (κ2) is 5.98. The van der Waals surface area contributed by atoms with Crippen molar-refractivity contribution in [1.29, 1.82) is 0 Å². The highest BCUT2D eigenvalue weighted by atomic mass is 16.2. The second-order valence-corrected chi connectivity index (χ2v) is 5.32. The molecule has 0 atom stereocenters. The SMILES string of the molecule is Cc1cnc(C(=O)N2CCN(C(=O)C(C)C)CC2)cn1. The third kappa shape index (κ3) is 3.12. The summed E-state index contributed by atoms with van der Waals surface area (Å²) in [6.45, 7) is 7.88. The van der Waals surface area contributed by atoms with E-state index in [0.29, 0.717) is 31.9 Å². The van der Waals surface area contributed by atoms with E-state index in [0.717, 1.165) is 5.69 Å². The Kier molecular flexibility index (Phi) is 4.32. The first-order chi connectivity index (χ1) is 9.49. The molecule has 0 spiro atoms. The molecular weight excluding hydrogens is 256 g/mol. The molecule has 108 valence electrons. The molecule has 0 unspecified atom stereocenters. The predicted octanol–water partition coefficient (Wildman–Crippen LogP) is 0.725. The van der Waals surface area contributed by atoms with Crippen molar-refractivity contribution in [3.8, 4) is 0 Å². The molecule has 6 heteroatoms. The molecule has 1 aliphatic heterocycles. The van der Waals surface area contributed by atoms with E-state index >= 15 is 0 Å². The zero-order valence-corrected chi connectivity index (χ0v) is 12.2. The number of carbonyl (C=O) groups excluding carboxylic acids is 2. The van der Waals surface area contributed by atoms with Crippen LogP contribution in [0.15, 0.2) is 12.4 Å². The van der Waals surface area contributed by atoms with E-state index in [2.05, 4.69) is 9.97 Å². The van der Waals surface area contributed by atoms with Gasteiger partial charge >= 0.3 is 0 Å². The molecular formula is C14H20N4O2. The fraction of sp³-hybridized carbons (Fsp3) is 0.571. The van der Waals surface area contributed by atoms with Crippen LogP contribution in [0.1, 0.15) is 30.0 Å². The Bertz CT molecular complexity index is 490. The molecule has 1 aromatic heterocycles. The van der Waals surface area contributed by atoms with Gasteiger partial charge in [0.15, 0.2) is 0 Å². The first kappa shape index (κ1) is 14.4. The number of rotatable bonds is 2. The third-order valence-electron chi connectivity index (χ3n) is 3.37. The summed E-state index contributed by atoms with van der Waals surface area (Å²) in [5.41, 5.74) is 1.15. The van der Waals surface area contributed by atoms with E-state index < -0.39 is 0 Å². The fourth-order valence-electron chi connectivity index (χ4n) is 2.16. The number of hydrogen-bond acceptors (Lipinski definition) is 4. The quantitative estimate of drug-likeness (QED) is 0.798. The van der Waals surface area contributed by atoms with Crippen LogP contribution in [0.5, 0.6) is 0 Å². The number of amides is 2. The number of carbonyl (C=O) groups is 2. The van der Waals surface area contributed by atoms with Crippen molar-refractivity contribution in [3.63, 3.8) is 0 Å². The molecule has 1 aromatic rings. The Morgan fingerprint density at radius 2 is 1.65 bits per heavy atom. The van der Waals surface area contributed by atoms with Gasteiger partial charge in [-0.3, -0.25) is 14.6 Å². The van der Waals surface area contributed by atoms with Gasteiger partial charge in [0.05, 0.1) is 11.9 Å². The van der Waals surface area contributed by atoms with Gasteiger partial charge < -0.3 is 9.80 Å². The van der Waals surface area contributed by atoms with Crippen LogP contribution in [0.3, 0.4) is 0 Å². The predicted molar refractivity (Wildman–Crippen MR) is 74.1 cm³/mol. The van der Waals surface area contributed by atoms with Crippen molar-refractivity contribution in [3.05, 3.63) is 23.8 Å². The lowest BCUT2D eigenvalue weighted by molar-refractivity contribution is -0.135. The zero-order chi connectivity index (χ0) is 14.7. The van der Waals surface area contributed by atoms with Gasteiger partial charge in [-0.1, -0.05) is 13.8 Å². The average Bonchev–Trinajstić information content (AvgIpc) is 2.46. The Hall–Kier alpha value is -1.98. The lowest BCUT2D eigenvalue weighted by atomic mass is 10.1. The Morgan fingerprint density at radius 3 is 2.15 bits per heavy atom. The van der Waals surface area contributed by atoms with Crippen LogP contribution in [0.25, 0.3) is 0 Å². The van der Waals surface area contributed by atoms with Gasteiger partial charge in [-0.2, -0.15) is 0 Å². The van der Waals surface area contributed by atoms with Crippen LogP contribution < -0.4 is 0 Å². The summed E-state index contributed by atoms with van der Waals surface area (Å²) in [4.78, 5) is 35.9. The molecule has 2 rings (SSSR count). The van der Waals surface area contributed by atoms with Gasteiger partial charge in [0, 0.05) is 38.3 Å². The maximum atomic E-state index is 12.2. The maximum Gasteiger partial charge on any atom is 0.274 e. The number of aryl methyl sites for hydroxylation is 1. The van der Waals surface area contributed by atoms with Crippen LogP contribution in [0, 0.1) is 12.8 Å². The van der Waals surface area contributed by atoms with Gasteiger partial charge in [0.25, 0.3) is 5.91 Å². The summed E-state index contributed by atoms with van der Waals surface area (Å²) in [7, 11) is 0. The largest absolute Gasteiger partial charge is 0.339 e. The molecule has 20 heavy (non-hydrogen) atoms. The summed E-state index contributed by atoms with van der Waals surface area (Å²) in [6, 6.07) is 0. The van der Waals surface area contributed by atoms with E-state index in [1.54, 1.807) is 11.1 Å². The smallest absolute Gasteiger partial charge is 0.274 e. The van der Waals surface area contributed by atoms with E-state index in [1.807, 2.05) is 25.7 Å². The first-order valence-corrected chi connectivity index (χ1v) is 6.85. The molecule has 0 saturated carbocycles. The molecule has 1 aliphatic rings. The van der Waals surface area contributed by atoms with Crippen LogP contribution in [-0.2, 0) is 4.79 Å². The van der Waals surface area contributed by atoms with E-state index in [4.69, 9.17) is 0 Å². The number of piperazine rings is 1. The van der Waals surface area contributed by atoms with Gasteiger partial charge in [0.2, 0.25) is 5.91 Å². The number of nitrogens with zero attached hydrogens (tertiary/aromatic N) is 4. The highest BCUT2D eigenvalue weighted by molar-refractivity contribution is 5.92. The molecule has 1 fully saturated rings. The van der Waals surface area contributed by atoms with Gasteiger partial charge in [0.1, 0.15) is 5.69 Å². The molecule has 0 aromatic carbocycles. The summed E-state index contributed by atoms with van der Waals surface area (Å²) in [5.74, 6) is 0.0292. The van der Waals surface area contributed by atoms with Crippen LogP contribution in [-0.4, -0.2) is 57.8 Å². The lowest BCUT2D eigenvalue weighted by Crippen LogP contribution is -2.51. The van der Waals surface area contributed by atoms with E-state index in [9.17, 15) is 9.59 Å². The van der Waals surface area contributed by atoms with Crippen molar-refractivity contribution in [1.82, 2.24) is 19.8 Å². The molecule has 0 bridgehead atoms. The van der Waals surface area contributed by atoms with E-state index in [1.165, 1.54) is 6.20 Å². The Balaban J connectivity index is 1.95. The summed E-state index contributed by atoms with van der Waals surface area (Å²) in [5, 5.41) is 0. The summed E-state index contributed by atoms with van der Waals surface area (Å²) in [6.07, 6.45) is 3.09. The molecule has 0 aliphatic carbocycles. The second-order valence-electron chi connectivity index (χ2n) is 5.32. The maximum absolute atomic E-state index is 12.2. The van der Waals surface area contributed by atoms with Crippen molar-refractivity contribution in [2.45, 2.75) is 20.8 Å². The van der Waals surface area contributed by atoms with Crippen molar-refractivity contribution >= 4 is 11.8 Å². The van der Waals surface area contributed by atoms with Crippen LogP contribution in [0.4, 0.5) is 0 Å². The van der Waals surface area contributed by atoms with Crippen LogP contribution in [0.2, 0.25) is 0 Å². The molecule has 0 N–H and O–H groups in total. The Morgan fingerprint density at radius 1 is 1.05 bits per heavy atom. The highest BCUT2D eigenvalue weighted by Gasteiger charge is 2.26. The topological polar surface area (TPSA) is 66.4 Å². The van der Waals surface area contributed by atoms with Gasteiger partial charge in [-0.05, 0) is 6.92 Å². The minimum atomic E-state index is -0.117. The minimum Gasteiger partial charge on any atom is -0.339 e. The van der Waals surface area contributed by atoms with Crippen LogP contribution >= 0.6 is 0 Å². The van der Waals surface area contributed by atoms with Crippen molar-refractivity contribution in [2.24, 2.45) is 5.92 Å². The Labute approximate surface area is 118 Å². The molecule has 2 heterocycles. The first-order valence-electron chi connectivity index (χ1n) is 6.85. The molecule has 6 nitrogen and oxygen atoms in total. The van der Waals surface area contributed by atoms with Crippen molar-refractivity contribution in [2.75, 3.05) is 26.2 Å². The fourth-order valence-corrected chi connectivity index (χ4v) is 2.16. The average molecular weight is 276 g/mol. The third-order valence-corrected chi connectivity index (χ3v) is 3.37. The highest BCUT2D eigenvalue weighted by Crippen LogP contribution is 2.09. The molecule has 2 amide bonds. The van der Waals surface area contributed by atoms with Crippen molar-refractivity contribution < 1.29 is 9.59 Å². The minimum absolute atomic E-state index is 0.000201. The number of hydrogen-bond donors (Lipinski definition) is 0. The standard InChI is InChI=1S/C14H20N4O2/c1-10(2)13(19)17-4-6-18(7-5-17)14(20)12-9-15-11(3)8-16-12/h8-10H,4-7H2,1-3H3. The zero-order valence-electron chi connectivity index (χ0n) is 12.2. The normalized spacial score (nSPS) is 15.6. The summed E-state index contributed by atoms with van der Waals surface area (Å²) < 4.78 is 0. The monoisotopic (exact) mass is 276 g/mol. The van der Waals surface area contributed by atoms with E-state index in [-0.39, 0.29) is 17.7 Å².